The van der Waals surface area contributed by atoms with Crippen LogP contribution in [0, 0.1) is 0 Å². The molecule has 6 aromatic rings. The van der Waals surface area contributed by atoms with Gasteiger partial charge in [-0.15, -0.1) is 0 Å². The summed E-state index contributed by atoms with van der Waals surface area (Å²) in [7, 11) is -13.2. The molecular weight excluding hydrogens is 1260 g/mol. The Morgan fingerprint density at radius 2 is 1.28 bits per heavy atom. The summed E-state index contributed by atoms with van der Waals surface area (Å²) in [5.74, 6) is -3.44. The van der Waals surface area contributed by atoms with Gasteiger partial charge in [-0.25, -0.2) is 9.78 Å². The Bertz CT molecular complexity index is 3720. The standard InChI is InChI=1S/C61H90N7O16PSSi4/c1-56(2,3)87(13,14)61(75)47(82-88(15,16)57(4,5)6)46(80-53(61)67-35-34-43(69)64-55(67)73)52(72)81-85(76,86)84-60(74)42(36-78-90(59(10,11)12,40-30-24-20-25-31-40)41-32-26-21-27-33-41)79-51(48(60)83-89(17,18)58(7,8)9)68-38-62-45-49(68)65-54(66-50(45)71)63-44(70)37-77-39-28-22-19-23-29-39/h19-35,38,42,46-48,51-53,72,74-75H,36-37H2,1-18H3,(H,76,86)(H,64,69,73)(H2,63,65,66,70,71)/t42-,46+,47-,48+,51-,52?,53-,60+,61+,85?/m1/s1. The number of carbonyl (C=O) groups excluding carboxylic acids is 1. The number of amides is 1. The van der Waals surface area contributed by atoms with E-state index in [1.165, 1.54) is 17.1 Å². The second kappa shape index (κ2) is 25.4. The molecule has 2 aliphatic heterocycles. The highest BCUT2D eigenvalue weighted by Crippen LogP contribution is 2.59. The SMILES string of the molecule is CC(C)(C)[Si](C)(C)O[C@@H]1[C@@H](C(O)OP(O)(=S)O[C@@]2(O)[C@@H](CO[Si](c3ccccc3)(c3ccccc3)C(C)(C)C)O[C@@H](n3cnc4c(=O)[nH]c(NC(=O)COc5ccccc5)nc43)[C@@H]2O[Si](C)(C)C(C)(C)C)O[C@@H](n2ccc(=O)[nH]c2=O)[C@@]1(O)[Si](C)(C)C(C)(C)C. The van der Waals surface area contributed by atoms with E-state index in [1.807, 2.05) is 162 Å². The number of aromatic nitrogens is 6. The van der Waals surface area contributed by atoms with E-state index in [-0.39, 0.29) is 17.1 Å². The molecule has 29 heteroatoms. The van der Waals surface area contributed by atoms with Crippen LogP contribution >= 0.6 is 6.72 Å². The third kappa shape index (κ3) is 13.7. The van der Waals surface area contributed by atoms with Gasteiger partial charge in [-0.05, 0) is 80.7 Å². The zero-order chi connectivity index (χ0) is 66.8. The Kier molecular flexibility index (Phi) is 20.0. The molecule has 8 rings (SSSR count). The van der Waals surface area contributed by atoms with E-state index in [4.69, 9.17) is 48.3 Å². The van der Waals surface area contributed by atoms with Crippen LogP contribution in [0.5, 0.6) is 5.75 Å². The summed E-state index contributed by atoms with van der Waals surface area (Å²) >= 11 is 5.96. The van der Waals surface area contributed by atoms with Crippen molar-refractivity contribution in [2.75, 3.05) is 18.5 Å². The third-order valence-electron chi connectivity index (χ3n) is 19.0. The van der Waals surface area contributed by atoms with Crippen molar-refractivity contribution in [1.29, 1.82) is 0 Å². The van der Waals surface area contributed by atoms with Gasteiger partial charge < -0.3 is 47.7 Å². The van der Waals surface area contributed by atoms with Gasteiger partial charge in [0.05, 0.1) is 21.0 Å². The fourth-order valence-electron chi connectivity index (χ4n) is 11.0. The largest absolute Gasteiger partial charge is 0.484 e. The Hall–Kier alpha value is -4.96. The minimum absolute atomic E-state index is 0.130. The number of aliphatic hydroxyl groups excluding tert-OH is 1. The normalized spacial score (nSPS) is 24.2. The van der Waals surface area contributed by atoms with Crippen LogP contribution in [0.3, 0.4) is 0 Å². The zero-order valence-corrected chi connectivity index (χ0v) is 60.4. The number of ether oxygens (including phenoxy) is 3. The molecule has 90 heavy (non-hydrogen) atoms. The number of hydrogen-bond acceptors (Lipinski definition) is 18. The molecule has 5 heterocycles. The fourth-order valence-corrected chi connectivity index (χ4v) is 22.8. The lowest BCUT2D eigenvalue weighted by Gasteiger charge is -2.53. The van der Waals surface area contributed by atoms with Crippen LogP contribution in [0.15, 0.2) is 124 Å². The first-order chi connectivity index (χ1) is 41.4. The number of nitrogens with zero attached hydrogens (tertiary/aromatic N) is 4. The van der Waals surface area contributed by atoms with Gasteiger partial charge in [-0.2, -0.15) is 4.98 Å². The summed E-state index contributed by atoms with van der Waals surface area (Å²) < 4.78 is 56.6. The lowest BCUT2D eigenvalue weighted by molar-refractivity contribution is -0.225. The molecule has 0 saturated carbocycles. The first-order valence-electron chi connectivity index (χ1n) is 29.9. The number of nitrogens with one attached hydrogen (secondary N) is 3. The second-order valence-corrected chi connectivity index (χ2v) is 51.0. The lowest BCUT2D eigenvalue weighted by Crippen LogP contribution is -2.70. The molecule has 1 amide bonds. The van der Waals surface area contributed by atoms with E-state index in [0.29, 0.717) is 5.75 Å². The molecule has 23 nitrogen and oxygen atoms in total. The number of aliphatic hydroxyl groups is 3. The van der Waals surface area contributed by atoms with Crippen molar-refractivity contribution in [3.05, 3.63) is 141 Å². The molecule has 0 bridgehead atoms. The van der Waals surface area contributed by atoms with Crippen molar-refractivity contribution < 1.29 is 61.5 Å². The van der Waals surface area contributed by atoms with Crippen LogP contribution < -0.4 is 37.2 Å². The molecule has 3 aromatic heterocycles. The van der Waals surface area contributed by atoms with Crippen molar-refractivity contribution >= 4 is 84.9 Å². The minimum Gasteiger partial charge on any atom is -0.484 e. The number of benzene rings is 3. The van der Waals surface area contributed by atoms with Crippen molar-refractivity contribution in [1.82, 2.24) is 29.1 Å². The quantitative estimate of drug-likeness (QED) is 0.0205. The molecule has 2 saturated heterocycles. The first kappa shape index (κ1) is 70.9. The molecule has 0 spiro atoms. The first-order valence-corrected chi connectivity index (χ1v) is 43.3. The van der Waals surface area contributed by atoms with Gasteiger partial charge in [-0.3, -0.25) is 47.9 Å². The van der Waals surface area contributed by atoms with E-state index in [1.54, 1.807) is 30.3 Å². The van der Waals surface area contributed by atoms with Gasteiger partial charge >= 0.3 is 12.4 Å². The molecule has 7 N–H and O–H groups in total. The third-order valence-corrected chi connectivity index (χ3v) is 40.7. The topological polar surface area (TPSA) is 302 Å². The van der Waals surface area contributed by atoms with Gasteiger partial charge in [0.1, 0.15) is 35.4 Å². The Morgan fingerprint density at radius 1 is 0.744 bits per heavy atom. The number of para-hydroxylation sites is 1. The van der Waals surface area contributed by atoms with E-state index in [9.17, 15) is 39.4 Å². The molecule has 3 aromatic carbocycles. The minimum atomic E-state index is -5.18. The van der Waals surface area contributed by atoms with E-state index >= 15 is 0 Å². The van der Waals surface area contributed by atoms with Crippen LogP contribution in [-0.2, 0) is 48.4 Å². The summed E-state index contributed by atoms with van der Waals surface area (Å²) in [4.78, 5) is 80.6. The number of rotatable bonds is 21. The van der Waals surface area contributed by atoms with Crippen molar-refractivity contribution in [3.63, 3.8) is 0 Å². The smallest absolute Gasteiger partial charge is 0.330 e. The molecule has 2 aliphatic rings. The summed E-state index contributed by atoms with van der Waals surface area (Å²) in [5.41, 5.74) is -2.69. The van der Waals surface area contributed by atoms with Crippen LogP contribution in [0.4, 0.5) is 5.95 Å². The molecule has 2 fully saturated rings. The monoisotopic (exact) mass is 1350 g/mol. The van der Waals surface area contributed by atoms with Crippen molar-refractivity contribution in [2.24, 2.45) is 0 Å². The average molecular weight is 1350 g/mol. The van der Waals surface area contributed by atoms with Gasteiger partial charge in [0, 0.05) is 12.3 Å². The van der Waals surface area contributed by atoms with Crippen LogP contribution in [-0.4, -0.2) is 143 Å². The molecule has 10 atom stereocenters. The maximum Gasteiger partial charge on any atom is 0.330 e. The summed E-state index contributed by atoms with van der Waals surface area (Å²) in [5, 5.41) is 40.6. The molecule has 492 valence electrons. The van der Waals surface area contributed by atoms with Crippen LogP contribution in [0.25, 0.3) is 11.2 Å². The van der Waals surface area contributed by atoms with Gasteiger partial charge in [0.15, 0.2) is 53.2 Å². The highest BCUT2D eigenvalue weighted by molar-refractivity contribution is 8.07. The van der Waals surface area contributed by atoms with Crippen LogP contribution in [0.2, 0.25) is 59.4 Å². The van der Waals surface area contributed by atoms with Gasteiger partial charge in [-0.1, -0.05) is 175 Å². The highest BCUT2D eigenvalue weighted by Gasteiger charge is 2.71. The summed E-state index contributed by atoms with van der Waals surface area (Å²) in [6.07, 6.45) is -9.76. The molecule has 2 unspecified atom stereocenters. The molecular formula is C61H90N7O16PSSi4. The maximum atomic E-state index is 14.1. The van der Waals surface area contributed by atoms with E-state index < -0.39 is 150 Å². The maximum absolute atomic E-state index is 14.1. The number of aromatic amines is 2. The lowest BCUT2D eigenvalue weighted by atomic mass is 10.1. The van der Waals surface area contributed by atoms with E-state index in [2.05, 4.69) is 46.0 Å². The second-order valence-electron chi connectivity index (χ2n) is 29.0. The van der Waals surface area contributed by atoms with Crippen LogP contribution in [0.1, 0.15) is 95.5 Å². The number of hydrogen-bond donors (Lipinski definition) is 7. The Labute approximate surface area is 534 Å². The number of H-pyrrole nitrogens is 2. The van der Waals surface area contributed by atoms with Crippen molar-refractivity contribution in [3.8, 4) is 5.75 Å². The summed E-state index contributed by atoms with van der Waals surface area (Å²) in [6, 6.07) is 29.2. The number of fused-ring (bicyclic) bond motifs is 1. The number of anilines is 1. The predicted molar refractivity (Wildman–Crippen MR) is 357 cm³/mol. The Morgan fingerprint density at radius 3 is 1.79 bits per heavy atom. The molecule has 0 radical (unpaired) electrons. The number of imidazole rings is 1. The Balaban J connectivity index is 1.29. The predicted octanol–water partition coefficient (Wildman–Crippen LogP) is 7.88. The molecule has 0 aliphatic carbocycles. The van der Waals surface area contributed by atoms with E-state index in [0.717, 1.165) is 21.0 Å². The number of carbonyl (C=O) groups is 1. The van der Waals surface area contributed by atoms with Gasteiger partial charge in [0.2, 0.25) is 11.7 Å². The van der Waals surface area contributed by atoms with Crippen molar-refractivity contribution in [2.45, 2.75) is 197 Å². The van der Waals surface area contributed by atoms with Gasteiger partial charge in [0.25, 0.3) is 25.3 Å². The summed E-state index contributed by atoms with van der Waals surface area (Å²) in [6.45, 7) is 29.4. The fraction of sp³-hybridized carbons (Fsp3) is 0.541. The highest BCUT2D eigenvalue weighted by atomic mass is 32.5. The zero-order valence-electron chi connectivity index (χ0n) is 54.7. The average Bonchev–Trinajstić information content (AvgIpc) is 1.50.